The Hall–Kier alpha value is -3.44. The van der Waals surface area contributed by atoms with Crippen LogP contribution in [0.5, 0.6) is 5.75 Å². The van der Waals surface area contributed by atoms with Crippen molar-refractivity contribution in [3.63, 3.8) is 0 Å². The Balaban J connectivity index is 1.56. The number of hydrogen-bond acceptors (Lipinski definition) is 10. The van der Waals surface area contributed by atoms with Gasteiger partial charge in [-0.25, -0.2) is 14.4 Å². The van der Waals surface area contributed by atoms with E-state index in [1.807, 2.05) is 0 Å². The number of thiophene rings is 1. The van der Waals surface area contributed by atoms with Crippen LogP contribution in [0.2, 0.25) is 0 Å². The van der Waals surface area contributed by atoms with Crippen LogP contribution >= 0.6 is 11.3 Å². The average Bonchev–Trinajstić information content (AvgIpc) is 3.48. The lowest BCUT2D eigenvalue weighted by Gasteiger charge is -2.11. The number of hydrogen-bond donors (Lipinski definition) is 1. The minimum absolute atomic E-state index is 0.0335. The molecule has 1 saturated heterocycles. The molecule has 0 radical (unpaired) electrons. The Morgan fingerprint density at radius 3 is 2.38 bits per heavy atom. The molecule has 1 fully saturated rings. The second-order valence-corrected chi connectivity index (χ2v) is 8.36. The van der Waals surface area contributed by atoms with E-state index in [1.165, 1.54) is 26.4 Å². The molecule has 1 aliphatic heterocycles. The fraction of sp³-hybridized carbons (Fsp3) is 0.391. The molecule has 11 heteroatoms. The first-order chi connectivity index (χ1) is 16.3. The number of amides is 1. The zero-order chi connectivity index (χ0) is 24.7. The third kappa shape index (κ3) is 6.12. The highest BCUT2D eigenvalue weighted by Crippen LogP contribution is 2.34. The van der Waals surface area contributed by atoms with Crippen molar-refractivity contribution in [1.29, 1.82) is 0 Å². The number of rotatable bonds is 9. The van der Waals surface area contributed by atoms with Gasteiger partial charge in [-0.2, -0.15) is 0 Å². The molecular formula is C23H25NO9S. The van der Waals surface area contributed by atoms with Crippen LogP contribution < -0.4 is 10.1 Å². The van der Waals surface area contributed by atoms with Gasteiger partial charge in [-0.3, -0.25) is 4.79 Å². The Morgan fingerprint density at radius 1 is 1.06 bits per heavy atom. The van der Waals surface area contributed by atoms with Crippen molar-refractivity contribution in [3.05, 3.63) is 45.8 Å². The van der Waals surface area contributed by atoms with Crippen LogP contribution in [-0.2, 0) is 23.7 Å². The summed E-state index contributed by atoms with van der Waals surface area (Å²) in [5, 5.41) is 2.58. The highest BCUT2D eigenvalue weighted by atomic mass is 32.1. The van der Waals surface area contributed by atoms with Crippen molar-refractivity contribution >= 4 is 40.2 Å². The summed E-state index contributed by atoms with van der Waals surface area (Å²) in [5.41, 5.74) is 0.594. The van der Waals surface area contributed by atoms with E-state index < -0.39 is 30.4 Å². The smallest absolute Gasteiger partial charge is 0.348 e. The van der Waals surface area contributed by atoms with Crippen molar-refractivity contribution in [2.45, 2.75) is 25.9 Å². The molecule has 34 heavy (non-hydrogen) atoms. The second kappa shape index (κ2) is 11.6. The normalized spacial score (nSPS) is 14.9. The van der Waals surface area contributed by atoms with E-state index in [9.17, 15) is 19.2 Å². The predicted octanol–water partition coefficient (Wildman–Crippen LogP) is 2.98. The maximum absolute atomic E-state index is 12.4. The van der Waals surface area contributed by atoms with Gasteiger partial charge < -0.3 is 29.0 Å². The highest BCUT2D eigenvalue weighted by Gasteiger charge is 2.27. The Labute approximate surface area is 200 Å². The van der Waals surface area contributed by atoms with Gasteiger partial charge in [0.25, 0.3) is 5.91 Å². The standard InChI is InChI=1S/C23H25NO9S/c1-13-18(22(27)29-2)20(34-19(13)23(28)30-3)24-17(25)12-33-21(26)14-6-8-15(9-7-14)32-11-16-5-4-10-31-16/h6-9,16H,4-5,10-12H2,1-3H3,(H,24,25). The SMILES string of the molecule is COC(=O)c1sc(NC(=O)COC(=O)c2ccc(OCC3CCCO3)cc2)c(C(=O)OC)c1C. The molecule has 1 aromatic carbocycles. The largest absolute Gasteiger partial charge is 0.491 e. The molecule has 1 aromatic heterocycles. The summed E-state index contributed by atoms with van der Waals surface area (Å²) < 4.78 is 25.7. The van der Waals surface area contributed by atoms with Gasteiger partial charge in [0, 0.05) is 6.61 Å². The Kier molecular flexibility index (Phi) is 8.61. The molecule has 1 amide bonds. The number of benzene rings is 1. The van der Waals surface area contributed by atoms with E-state index in [0.717, 1.165) is 30.8 Å². The number of esters is 3. The zero-order valence-electron chi connectivity index (χ0n) is 19.0. The van der Waals surface area contributed by atoms with Crippen LogP contribution in [-0.4, -0.2) is 64.0 Å². The van der Waals surface area contributed by atoms with Crippen LogP contribution in [0.1, 0.15) is 48.8 Å². The molecule has 1 N–H and O–H groups in total. The van der Waals surface area contributed by atoms with Crippen LogP contribution in [0.15, 0.2) is 24.3 Å². The molecule has 0 spiro atoms. The first kappa shape index (κ1) is 25.2. The molecule has 0 aliphatic carbocycles. The minimum Gasteiger partial charge on any atom is -0.491 e. The van der Waals surface area contributed by atoms with Gasteiger partial charge in [0.15, 0.2) is 6.61 Å². The summed E-state index contributed by atoms with van der Waals surface area (Å²) in [5.74, 6) is -2.17. The summed E-state index contributed by atoms with van der Waals surface area (Å²) in [6, 6.07) is 6.34. The number of methoxy groups -OCH3 is 2. The third-order valence-corrected chi connectivity index (χ3v) is 6.23. The van der Waals surface area contributed by atoms with Gasteiger partial charge >= 0.3 is 17.9 Å². The summed E-state index contributed by atoms with van der Waals surface area (Å²) in [4.78, 5) is 48.9. The fourth-order valence-electron chi connectivity index (χ4n) is 3.27. The first-order valence-electron chi connectivity index (χ1n) is 10.5. The van der Waals surface area contributed by atoms with Crippen LogP contribution in [0.4, 0.5) is 5.00 Å². The highest BCUT2D eigenvalue weighted by molar-refractivity contribution is 7.18. The molecule has 2 aromatic rings. The van der Waals surface area contributed by atoms with Crippen LogP contribution in [0.3, 0.4) is 0 Å². The van der Waals surface area contributed by atoms with Crippen molar-refractivity contribution in [2.24, 2.45) is 0 Å². The summed E-state index contributed by atoms with van der Waals surface area (Å²) in [6.45, 7) is 2.13. The predicted molar refractivity (Wildman–Crippen MR) is 122 cm³/mol. The second-order valence-electron chi connectivity index (χ2n) is 7.34. The molecular weight excluding hydrogens is 466 g/mol. The molecule has 3 rings (SSSR count). The number of anilines is 1. The fourth-order valence-corrected chi connectivity index (χ4v) is 4.40. The van der Waals surface area contributed by atoms with Crippen molar-refractivity contribution in [1.82, 2.24) is 0 Å². The molecule has 1 aliphatic rings. The summed E-state index contributed by atoms with van der Waals surface area (Å²) in [7, 11) is 2.39. The number of ether oxygens (including phenoxy) is 5. The van der Waals surface area contributed by atoms with E-state index in [0.29, 0.717) is 17.9 Å². The lowest BCUT2D eigenvalue weighted by atomic mass is 10.1. The van der Waals surface area contributed by atoms with Crippen molar-refractivity contribution in [3.8, 4) is 5.75 Å². The van der Waals surface area contributed by atoms with Gasteiger partial charge in [-0.1, -0.05) is 0 Å². The first-order valence-corrected chi connectivity index (χ1v) is 11.3. The molecule has 182 valence electrons. The lowest BCUT2D eigenvalue weighted by Crippen LogP contribution is -2.21. The topological polar surface area (TPSA) is 126 Å². The Bertz CT molecular complexity index is 1060. The molecule has 0 saturated carbocycles. The number of carbonyl (C=O) groups is 4. The zero-order valence-corrected chi connectivity index (χ0v) is 19.8. The minimum atomic E-state index is -0.724. The third-order valence-electron chi connectivity index (χ3n) is 5.04. The monoisotopic (exact) mass is 491 g/mol. The van der Waals surface area contributed by atoms with Gasteiger partial charge in [-0.15, -0.1) is 11.3 Å². The lowest BCUT2D eigenvalue weighted by molar-refractivity contribution is -0.119. The van der Waals surface area contributed by atoms with Gasteiger partial charge in [0.05, 0.1) is 31.5 Å². The molecule has 1 unspecified atom stereocenters. The molecule has 2 heterocycles. The van der Waals surface area contributed by atoms with Gasteiger partial charge in [0.1, 0.15) is 22.2 Å². The van der Waals surface area contributed by atoms with E-state index in [4.69, 9.17) is 23.7 Å². The van der Waals surface area contributed by atoms with E-state index in [2.05, 4.69) is 5.32 Å². The average molecular weight is 492 g/mol. The molecule has 1 atom stereocenters. The number of carbonyl (C=O) groups excluding carboxylic acids is 4. The maximum Gasteiger partial charge on any atom is 0.348 e. The quantitative estimate of drug-likeness (QED) is 0.416. The van der Waals surface area contributed by atoms with Gasteiger partial charge in [0.2, 0.25) is 0 Å². The van der Waals surface area contributed by atoms with Crippen molar-refractivity contribution in [2.75, 3.05) is 39.4 Å². The van der Waals surface area contributed by atoms with E-state index >= 15 is 0 Å². The van der Waals surface area contributed by atoms with E-state index in [1.54, 1.807) is 19.1 Å². The van der Waals surface area contributed by atoms with Crippen LogP contribution in [0, 0.1) is 6.92 Å². The van der Waals surface area contributed by atoms with Crippen LogP contribution in [0.25, 0.3) is 0 Å². The maximum atomic E-state index is 12.4. The van der Waals surface area contributed by atoms with E-state index in [-0.39, 0.29) is 27.1 Å². The van der Waals surface area contributed by atoms with Gasteiger partial charge in [-0.05, 0) is 49.6 Å². The molecule has 0 bridgehead atoms. The summed E-state index contributed by atoms with van der Waals surface area (Å²) >= 11 is 0.866. The Morgan fingerprint density at radius 2 is 1.76 bits per heavy atom. The molecule has 10 nitrogen and oxygen atoms in total. The van der Waals surface area contributed by atoms with Crippen molar-refractivity contribution < 1.29 is 42.9 Å². The number of nitrogens with one attached hydrogen (secondary N) is 1. The summed E-state index contributed by atoms with van der Waals surface area (Å²) in [6.07, 6.45) is 2.07.